The van der Waals surface area contributed by atoms with Crippen LogP contribution in [0.1, 0.15) is 37.8 Å². The average Bonchev–Trinajstić information content (AvgIpc) is 2.31. The Kier molecular flexibility index (Phi) is 6.27. The number of amides is 1. The van der Waals surface area contributed by atoms with Crippen LogP contribution in [0, 0.1) is 13.8 Å². The highest BCUT2D eigenvalue weighted by Gasteiger charge is 2.23. The third kappa shape index (κ3) is 6.67. The van der Waals surface area contributed by atoms with E-state index >= 15 is 0 Å². The lowest BCUT2D eigenvalue weighted by Gasteiger charge is -2.24. The molecule has 0 bridgehead atoms. The molecule has 0 aliphatic heterocycles. The molecule has 1 amide bonds. The molecule has 1 rings (SSSR count). The van der Waals surface area contributed by atoms with Crippen molar-refractivity contribution in [2.24, 2.45) is 0 Å². The molecule has 2 N–H and O–H groups in total. The number of nitrogens with one attached hydrogen (secondary N) is 1. The second-order valence-electron chi connectivity index (χ2n) is 5.85. The zero-order chi connectivity index (χ0) is 16.0. The molecular weight excluding hydrogens is 286 g/mol. The molecule has 0 aromatic heterocycles. The summed E-state index contributed by atoms with van der Waals surface area (Å²) in [5.41, 5.74) is 1.79. The van der Waals surface area contributed by atoms with Crippen LogP contribution in [-0.2, 0) is 9.59 Å². The Balaban J connectivity index is 2.39. The van der Waals surface area contributed by atoms with Crippen molar-refractivity contribution in [3.63, 3.8) is 0 Å². The van der Waals surface area contributed by atoms with Gasteiger partial charge in [0.05, 0.1) is 6.42 Å². The van der Waals surface area contributed by atoms with E-state index in [1.165, 1.54) is 11.1 Å². The maximum absolute atomic E-state index is 11.8. The predicted molar refractivity (Wildman–Crippen MR) is 85.7 cm³/mol. The van der Waals surface area contributed by atoms with Crippen molar-refractivity contribution < 1.29 is 14.7 Å². The molecule has 0 aliphatic carbocycles. The van der Waals surface area contributed by atoms with Gasteiger partial charge in [0.25, 0.3) is 0 Å². The molecule has 21 heavy (non-hydrogen) atoms. The number of rotatable bonds is 7. The number of thioether (sulfide) groups is 1. The van der Waals surface area contributed by atoms with Gasteiger partial charge in [0.2, 0.25) is 5.91 Å². The molecule has 0 radical (unpaired) electrons. The first kappa shape index (κ1) is 17.6. The van der Waals surface area contributed by atoms with Crippen molar-refractivity contribution in [2.45, 2.75) is 51.0 Å². The zero-order valence-corrected chi connectivity index (χ0v) is 13.8. The van der Waals surface area contributed by atoms with Gasteiger partial charge >= 0.3 is 5.97 Å². The molecule has 4 nitrogen and oxygen atoms in total. The van der Waals surface area contributed by atoms with Crippen LogP contribution in [0.5, 0.6) is 0 Å². The Bertz CT molecular complexity index is 526. The maximum atomic E-state index is 11.8. The van der Waals surface area contributed by atoms with Gasteiger partial charge < -0.3 is 10.4 Å². The van der Waals surface area contributed by atoms with E-state index in [-0.39, 0.29) is 12.3 Å². The van der Waals surface area contributed by atoms with Gasteiger partial charge in [-0.25, -0.2) is 0 Å². The Morgan fingerprint density at radius 1 is 1.24 bits per heavy atom. The van der Waals surface area contributed by atoms with Crippen LogP contribution in [0.25, 0.3) is 0 Å². The molecule has 0 heterocycles. The van der Waals surface area contributed by atoms with Crippen molar-refractivity contribution in [1.29, 1.82) is 0 Å². The molecule has 116 valence electrons. The smallest absolute Gasteiger partial charge is 0.305 e. The Hall–Kier alpha value is -1.49. The molecule has 0 saturated carbocycles. The average molecular weight is 309 g/mol. The van der Waals surface area contributed by atoms with Gasteiger partial charge in [-0.3, -0.25) is 9.59 Å². The number of hydrogen-bond donors (Lipinski definition) is 2. The predicted octanol–water partition coefficient (Wildman–Crippen LogP) is 3.16. The quantitative estimate of drug-likeness (QED) is 0.759. The summed E-state index contributed by atoms with van der Waals surface area (Å²) < 4.78 is 0. The molecule has 0 unspecified atom stereocenters. The van der Waals surface area contributed by atoms with Gasteiger partial charge in [-0.05, 0) is 51.0 Å². The SMILES string of the molecule is Cc1ccc(SCCC(=O)NC(C)(C)CC(=O)O)cc1C. The summed E-state index contributed by atoms with van der Waals surface area (Å²) in [7, 11) is 0. The minimum Gasteiger partial charge on any atom is -0.481 e. The number of aliphatic carboxylic acids is 1. The number of benzene rings is 1. The van der Waals surface area contributed by atoms with Crippen molar-refractivity contribution >= 4 is 23.6 Å². The minimum atomic E-state index is -0.912. The molecule has 1 aromatic rings. The molecule has 0 spiro atoms. The van der Waals surface area contributed by atoms with Crippen LogP contribution in [0.3, 0.4) is 0 Å². The van der Waals surface area contributed by atoms with Crippen LogP contribution in [0.4, 0.5) is 0 Å². The van der Waals surface area contributed by atoms with Gasteiger partial charge in [0, 0.05) is 22.6 Å². The first-order valence-electron chi connectivity index (χ1n) is 6.92. The van der Waals surface area contributed by atoms with Crippen LogP contribution in [0.2, 0.25) is 0 Å². The van der Waals surface area contributed by atoms with Gasteiger partial charge in [-0.1, -0.05) is 6.07 Å². The molecule has 5 heteroatoms. The van der Waals surface area contributed by atoms with Gasteiger partial charge in [0.15, 0.2) is 0 Å². The number of carboxylic acids is 1. The second kappa shape index (κ2) is 7.50. The molecule has 0 atom stereocenters. The highest BCUT2D eigenvalue weighted by atomic mass is 32.2. The van der Waals surface area contributed by atoms with E-state index in [1.54, 1.807) is 25.6 Å². The summed E-state index contributed by atoms with van der Waals surface area (Å²) in [6.45, 7) is 7.58. The van der Waals surface area contributed by atoms with Crippen molar-refractivity contribution in [3.8, 4) is 0 Å². The van der Waals surface area contributed by atoms with Crippen molar-refractivity contribution in [1.82, 2.24) is 5.32 Å². The summed E-state index contributed by atoms with van der Waals surface area (Å²) in [5.74, 6) is -0.348. The molecule has 1 aromatic carbocycles. The highest BCUT2D eigenvalue weighted by Crippen LogP contribution is 2.21. The van der Waals surface area contributed by atoms with E-state index in [0.717, 1.165) is 4.90 Å². The van der Waals surface area contributed by atoms with Crippen molar-refractivity contribution in [2.75, 3.05) is 5.75 Å². The Labute approximate surface area is 130 Å². The molecule has 0 saturated heterocycles. The Morgan fingerprint density at radius 2 is 1.90 bits per heavy atom. The number of hydrogen-bond acceptors (Lipinski definition) is 3. The van der Waals surface area contributed by atoms with E-state index in [0.29, 0.717) is 12.2 Å². The molecular formula is C16H23NO3S. The molecule has 0 aliphatic rings. The number of carbonyl (C=O) groups is 2. The summed E-state index contributed by atoms with van der Waals surface area (Å²) in [5, 5.41) is 11.5. The largest absolute Gasteiger partial charge is 0.481 e. The van der Waals surface area contributed by atoms with E-state index in [9.17, 15) is 9.59 Å². The van der Waals surface area contributed by atoms with Gasteiger partial charge in [-0.15, -0.1) is 11.8 Å². The monoisotopic (exact) mass is 309 g/mol. The third-order valence-corrected chi connectivity index (χ3v) is 4.14. The fraction of sp³-hybridized carbons (Fsp3) is 0.500. The van der Waals surface area contributed by atoms with Crippen molar-refractivity contribution in [3.05, 3.63) is 29.3 Å². The summed E-state index contributed by atoms with van der Waals surface area (Å²) in [6.07, 6.45) is 0.295. The summed E-state index contributed by atoms with van der Waals surface area (Å²) in [4.78, 5) is 23.7. The van der Waals surface area contributed by atoms with E-state index in [4.69, 9.17) is 5.11 Å². The van der Waals surface area contributed by atoms with Crippen LogP contribution < -0.4 is 5.32 Å². The second-order valence-corrected chi connectivity index (χ2v) is 7.02. The summed E-state index contributed by atoms with van der Waals surface area (Å²) >= 11 is 1.63. The van der Waals surface area contributed by atoms with Crippen LogP contribution in [0.15, 0.2) is 23.1 Å². The van der Waals surface area contributed by atoms with E-state index < -0.39 is 11.5 Å². The fourth-order valence-corrected chi connectivity index (χ4v) is 2.87. The lowest BCUT2D eigenvalue weighted by molar-refractivity contribution is -0.138. The number of aryl methyl sites for hydroxylation is 2. The summed E-state index contributed by atoms with van der Waals surface area (Å²) in [6, 6.07) is 6.25. The fourth-order valence-electron chi connectivity index (χ4n) is 1.93. The lowest BCUT2D eigenvalue weighted by Crippen LogP contribution is -2.45. The number of carbonyl (C=O) groups excluding carboxylic acids is 1. The zero-order valence-electron chi connectivity index (χ0n) is 13.0. The van der Waals surface area contributed by atoms with Crippen LogP contribution >= 0.6 is 11.8 Å². The van der Waals surface area contributed by atoms with E-state index in [1.807, 2.05) is 0 Å². The first-order valence-corrected chi connectivity index (χ1v) is 7.91. The highest BCUT2D eigenvalue weighted by molar-refractivity contribution is 7.99. The minimum absolute atomic E-state index is 0.0803. The first-order chi connectivity index (χ1) is 9.69. The van der Waals surface area contributed by atoms with Gasteiger partial charge in [0.1, 0.15) is 0 Å². The van der Waals surface area contributed by atoms with Crippen LogP contribution in [-0.4, -0.2) is 28.3 Å². The van der Waals surface area contributed by atoms with E-state index in [2.05, 4.69) is 37.4 Å². The maximum Gasteiger partial charge on any atom is 0.305 e. The normalized spacial score (nSPS) is 11.2. The Morgan fingerprint density at radius 3 is 2.48 bits per heavy atom. The van der Waals surface area contributed by atoms with Gasteiger partial charge in [-0.2, -0.15) is 0 Å². The number of carboxylic acid groups (broad SMARTS) is 1. The topological polar surface area (TPSA) is 66.4 Å². The molecule has 0 fully saturated rings. The third-order valence-electron chi connectivity index (χ3n) is 3.15. The lowest BCUT2D eigenvalue weighted by atomic mass is 10.0. The standard InChI is InChI=1S/C16H23NO3S/c1-11-5-6-13(9-12(11)2)21-8-7-14(18)17-16(3,4)10-15(19)20/h5-6,9H,7-8,10H2,1-4H3,(H,17,18)(H,19,20).